The van der Waals surface area contributed by atoms with Gasteiger partial charge in [0.2, 0.25) is 17.6 Å². The van der Waals surface area contributed by atoms with Crippen LogP contribution in [-0.2, 0) is 11.2 Å². The first kappa shape index (κ1) is 20.4. The summed E-state index contributed by atoms with van der Waals surface area (Å²) in [5.41, 5.74) is 2.66. The normalized spacial score (nSPS) is 10.6. The lowest BCUT2D eigenvalue weighted by Gasteiger charge is -2.21. The number of para-hydroxylation sites is 1. The summed E-state index contributed by atoms with van der Waals surface area (Å²) >= 11 is 0. The fraction of sp³-hybridized carbons (Fsp3) is 0.318. The summed E-state index contributed by atoms with van der Waals surface area (Å²) in [5, 5.41) is 6.90. The molecule has 0 fully saturated rings. The van der Waals surface area contributed by atoms with E-state index in [0.29, 0.717) is 23.9 Å². The number of rotatable bonds is 9. The van der Waals surface area contributed by atoms with E-state index in [1.54, 1.807) is 7.11 Å². The van der Waals surface area contributed by atoms with Crippen LogP contribution in [0.3, 0.4) is 0 Å². The van der Waals surface area contributed by atoms with E-state index < -0.39 is 0 Å². The predicted octanol–water partition coefficient (Wildman–Crippen LogP) is 4.16. The van der Waals surface area contributed by atoms with Crippen LogP contribution in [0.1, 0.15) is 26.2 Å². The fourth-order valence-corrected chi connectivity index (χ4v) is 3.08. The van der Waals surface area contributed by atoms with Gasteiger partial charge in [-0.3, -0.25) is 4.79 Å². The molecule has 0 bridgehead atoms. The third kappa shape index (κ3) is 5.13. The van der Waals surface area contributed by atoms with Crippen LogP contribution in [-0.4, -0.2) is 36.2 Å². The zero-order valence-corrected chi connectivity index (χ0v) is 17.0. The van der Waals surface area contributed by atoms with Crippen LogP contribution in [0.15, 0.2) is 53.1 Å². The van der Waals surface area contributed by atoms with Gasteiger partial charge in [-0.05, 0) is 50.2 Å². The standard InChI is InChI=1S/C22H26N4O3/c1-4-26(5-2)17-12-10-16(11-13-17)23-20(27)14-15-21-24-22(25-29-21)18-8-6-7-9-19(18)28-3/h6-13H,4-5,14-15H2,1-3H3,(H,23,27). The van der Waals surface area contributed by atoms with Crippen LogP contribution in [0.5, 0.6) is 5.75 Å². The second-order valence-corrected chi connectivity index (χ2v) is 6.48. The van der Waals surface area contributed by atoms with Crippen molar-refractivity contribution < 1.29 is 14.1 Å². The van der Waals surface area contributed by atoms with Crippen molar-refractivity contribution in [2.45, 2.75) is 26.7 Å². The van der Waals surface area contributed by atoms with Crippen LogP contribution >= 0.6 is 0 Å². The van der Waals surface area contributed by atoms with Gasteiger partial charge >= 0.3 is 0 Å². The van der Waals surface area contributed by atoms with Crippen molar-refractivity contribution >= 4 is 17.3 Å². The van der Waals surface area contributed by atoms with Crippen LogP contribution in [0.25, 0.3) is 11.4 Å². The minimum absolute atomic E-state index is 0.0994. The highest BCUT2D eigenvalue weighted by molar-refractivity contribution is 5.91. The van der Waals surface area contributed by atoms with Crippen molar-refractivity contribution in [2.75, 3.05) is 30.4 Å². The Morgan fingerprint density at radius 1 is 1.10 bits per heavy atom. The minimum Gasteiger partial charge on any atom is -0.496 e. The molecule has 0 aliphatic heterocycles. The first-order valence-electron chi connectivity index (χ1n) is 9.75. The van der Waals surface area contributed by atoms with Crippen LogP contribution in [0.2, 0.25) is 0 Å². The summed E-state index contributed by atoms with van der Waals surface area (Å²) in [6.45, 7) is 6.14. The number of ether oxygens (including phenoxy) is 1. The molecule has 7 heteroatoms. The summed E-state index contributed by atoms with van der Waals surface area (Å²) in [5.74, 6) is 1.44. The Hall–Kier alpha value is -3.35. The smallest absolute Gasteiger partial charge is 0.227 e. The minimum atomic E-state index is -0.0994. The molecular weight excluding hydrogens is 368 g/mol. The monoisotopic (exact) mass is 394 g/mol. The van der Waals surface area contributed by atoms with Gasteiger partial charge in [0.05, 0.1) is 12.7 Å². The molecular formula is C22H26N4O3. The Morgan fingerprint density at radius 2 is 1.83 bits per heavy atom. The van der Waals surface area contributed by atoms with Crippen molar-refractivity contribution in [3.63, 3.8) is 0 Å². The van der Waals surface area contributed by atoms with Crippen molar-refractivity contribution in [2.24, 2.45) is 0 Å². The highest BCUT2D eigenvalue weighted by atomic mass is 16.5. The summed E-state index contributed by atoms with van der Waals surface area (Å²) < 4.78 is 10.6. The van der Waals surface area contributed by atoms with Crippen LogP contribution in [0, 0.1) is 0 Å². The number of hydrogen-bond acceptors (Lipinski definition) is 6. The number of carbonyl (C=O) groups is 1. The molecule has 1 amide bonds. The number of aromatic nitrogens is 2. The van der Waals surface area contributed by atoms with Gasteiger partial charge in [0, 0.05) is 37.3 Å². The van der Waals surface area contributed by atoms with Crippen molar-refractivity contribution in [1.82, 2.24) is 10.1 Å². The maximum absolute atomic E-state index is 12.3. The lowest BCUT2D eigenvalue weighted by molar-refractivity contribution is -0.116. The maximum atomic E-state index is 12.3. The number of methoxy groups -OCH3 is 1. The molecule has 0 unspecified atom stereocenters. The number of amides is 1. The van der Waals surface area contributed by atoms with Gasteiger partial charge in [-0.2, -0.15) is 4.98 Å². The molecule has 1 N–H and O–H groups in total. The topological polar surface area (TPSA) is 80.5 Å². The maximum Gasteiger partial charge on any atom is 0.227 e. The Kier molecular flexibility index (Phi) is 6.84. The van der Waals surface area contributed by atoms with E-state index in [9.17, 15) is 4.79 Å². The SMILES string of the molecule is CCN(CC)c1ccc(NC(=O)CCc2nc(-c3ccccc3OC)no2)cc1. The van der Waals surface area contributed by atoms with E-state index in [1.807, 2.05) is 48.5 Å². The second kappa shape index (κ2) is 9.73. The molecule has 152 valence electrons. The third-order valence-electron chi connectivity index (χ3n) is 4.66. The summed E-state index contributed by atoms with van der Waals surface area (Å²) in [6, 6.07) is 15.3. The molecule has 29 heavy (non-hydrogen) atoms. The van der Waals surface area contributed by atoms with E-state index >= 15 is 0 Å². The zero-order chi connectivity index (χ0) is 20.6. The Bertz CT molecular complexity index is 933. The Labute approximate surface area is 170 Å². The molecule has 0 saturated carbocycles. The number of anilines is 2. The van der Waals surface area contributed by atoms with E-state index in [2.05, 4.69) is 34.2 Å². The number of aryl methyl sites for hydroxylation is 1. The van der Waals surface area contributed by atoms with Crippen molar-refractivity contribution in [3.8, 4) is 17.1 Å². The first-order chi connectivity index (χ1) is 14.1. The highest BCUT2D eigenvalue weighted by Gasteiger charge is 2.14. The van der Waals surface area contributed by atoms with Crippen LogP contribution < -0.4 is 15.0 Å². The molecule has 1 aromatic heterocycles. The average molecular weight is 394 g/mol. The number of nitrogens with zero attached hydrogens (tertiary/aromatic N) is 3. The Morgan fingerprint density at radius 3 is 2.52 bits per heavy atom. The predicted molar refractivity (Wildman–Crippen MR) is 113 cm³/mol. The van der Waals surface area contributed by atoms with E-state index in [1.165, 1.54) is 0 Å². The second-order valence-electron chi connectivity index (χ2n) is 6.48. The Balaban J connectivity index is 1.55. The lowest BCUT2D eigenvalue weighted by atomic mass is 10.2. The third-order valence-corrected chi connectivity index (χ3v) is 4.66. The van der Waals surface area contributed by atoms with E-state index in [-0.39, 0.29) is 12.3 Å². The molecule has 0 atom stereocenters. The summed E-state index contributed by atoms with van der Waals surface area (Å²) in [4.78, 5) is 18.9. The number of carbonyl (C=O) groups excluding carboxylic acids is 1. The van der Waals surface area contributed by atoms with E-state index in [0.717, 1.165) is 30.0 Å². The van der Waals surface area contributed by atoms with Gasteiger partial charge < -0.3 is 19.5 Å². The molecule has 3 aromatic rings. The largest absolute Gasteiger partial charge is 0.496 e. The van der Waals surface area contributed by atoms with Crippen LogP contribution in [0.4, 0.5) is 11.4 Å². The summed E-state index contributed by atoms with van der Waals surface area (Å²) in [6.07, 6.45) is 0.622. The number of benzene rings is 2. The van der Waals surface area contributed by atoms with Gasteiger partial charge in [-0.15, -0.1) is 0 Å². The van der Waals surface area contributed by atoms with Gasteiger partial charge in [0.15, 0.2) is 0 Å². The van der Waals surface area contributed by atoms with Gasteiger partial charge in [-0.1, -0.05) is 17.3 Å². The molecule has 0 spiro atoms. The van der Waals surface area contributed by atoms with E-state index in [4.69, 9.17) is 9.26 Å². The molecule has 0 radical (unpaired) electrons. The van der Waals surface area contributed by atoms with Gasteiger partial charge in [0.1, 0.15) is 5.75 Å². The lowest BCUT2D eigenvalue weighted by Crippen LogP contribution is -2.21. The molecule has 1 heterocycles. The quantitative estimate of drug-likeness (QED) is 0.587. The number of nitrogens with one attached hydrogen (secondary N) is 1. The first-order valence-corrected chi connectivity index (χ1v) is 9.75. The average Bonchev–Trinajstić information content (AvgIpc) is 3.23. The molecule has 0 aliphatic rings. The number of hydrogen-bond donors (Lipinski definition) is 1. The van der Waals surface area contributed by atoms with Gasteiger partial charge in [-0.25, -0.2) is 0 Å². The summed E-state index contributed by atoms with van der Waals surface area (Å²) in [7, 11) is 1.60. The molecule has 7 nitrogen and oxygen atoms in total. The molecule has 3 rings (SSSR count). The molecule has 0 saturated heterocycles. The zero-order valence-electron chi connectivity index (χ0n) is 17.0. The fourth-order valence-electron chi connectivity index (χ4n) is 3.08. The van der Waals surface area contributed by atoms with Gasteiger partial charge in [0.25, 0.3) is 0 Å². The molecule has 2 aromatic carbocycles. The van der Waals surface area contributed by atoms with Crippen molar-refractivity contribution in [3.05, 3.63) is 54.4 Å². The highest BCUT2D eigenvalue weighted by Crippen LogP contribution is 2.27. The van der Waals surface area contributed by atoms with Crippen molar-refractivity contribution in [1.29, 1.82) is 0 Å². The molecule has 0 aliphatic carbocycles.